The van der Waals surface area contributed by atoms with Gasteiger partial charge in [-0.2, -0.15) is 0 Å². The van der Waals surface area contributed by atoms with E-state index >= 15 is 0 Å². The lowest BCUT2D eigenvalue weighted by Gasteiger charge is -2.27. The second kappa shape index (κ2) is 5.59. The van der Waals surface area contributed by atoms with Gasteiger partial charge >= 0.3 is 0 Å². The average molecular weight is 281 g/mol. The first-order chi connectivity index (χ1) is 8.94. The number of thiazole rings is 1. The molecule has 1 heterocycles. The molecule has 1 aromatic heterocycles. The number of hydrogen-bond acceptors (Lipinski definition) is 4. The summed E-state index contributed by atoms with van der Waals surface area (Å²) < 4.78 is 0. The molecular weight excluding hydrogens is 258 g/mol. The van der Waals surface area contributed by atoms with Gasteiger partial charge in [0, 0.05) is 17.0 Å². The fourth-order valence-electron chi connectivity index (χ4n) is 2.76. The third-order valence-corrected chi connectivity index (χ3v) is 5.17. The molecule has 1 aromatic rings. The molecule has 1 saturated carbocycles. The number of carbonyl (C=O) groups excluding carboxylic acids is 1. The van der Waals surface area contributed by atoms with Crippen LogP contribution in [0.5, 0.6) is 0 Å². The second-order valence-electron chi connectivity index (χ2n) is 5.94. The Morgan fingerprint density at radius 2 is 2.32 bits per heavy atom. The second-order valence-corrected chi connectivity index (χ2v) is 6.80. The Bertz CT molecular complexity index is 455. The van der Waals surface area contributed by atoms with Crippen LogP contribution in [-0.4, -0.2) is 17.4 Å². The van der Waals surface area contributed by atoms with Crippen LogP contribution in [0.4, 0.5) is 0 Å². The molecule has 0 saturated heterocycles. The Morgan fingerprint density at radius 1 is 1.58 bits per heavy atom. The van der Waals surface area contributed by atoms with Crippen molar-refractivity contribution in [3.63, 3.8) is 0 Å². The molecule has 0 radical (unpaired) electrons. The highest BCUT2D eigenvalue weighted by molar-refractivity contribution is 7.09. The molecule has 0 aliphatic heterocycles. The number of aryl methyl sites for hydroxylation is 1. The third-order valence-electron chi connectivity index (χ3n) is 3.89. The van der Waals surface area contributed by atoms with E-state index in [0.29, 0.717) is 12.5 Å². The summed E-state index contributed by atoms with van der Waals surface area (Å²) in [5.74, 6) is 0.546. The number of nitrogens with one attached hydrogen (secondary N) is 1. The van der Waals surface area contributed by atoms with Gasteiger partial charge in [0.1, 0.15) is 5.01 Å². The van der Waals surface area contributed by atoms with Crippen molar-refractivity contribution in [3.8, 4) is 0 Å². The van der Waals surface area contributed by atoms with Crippen LogP contribution in [-0.2, 0) is 10.3 Å². The Balaban J connectivity index is 2.05. The Kier molecular flexibility index (Phi) is 4.26. The molecule has 106 valence electrons. The zero-order valence-corrected chi connectivity index (χ0v) is 12.7. The molecule has 5 heteroatoms. The predicted octanol–water partition coefficient (Wildman–Crippen LogP) is 2.18. The summed E-state index contributed by atoms with van der Waals surface area (Å²) in [5.41, 5.74) is 6.35. The van der Waals surface area contributed by atoms with E-state index in [1.165, 1.54) is 0 Å². The van der Waals surface area contributed by atoms with Gasteiger partial charge in [-0.05, 0) is 46.1 Å². The van der Waals surface area contributed by atoms with E-state index in [4.69, 9.17) is 5.73 Å². The SMILES string of the molecule is Cc1csc(C(C)(C)NC(=O)[C@@H]2CCC[C@@H]2CN)n1. The monoisotopic (exact) mass is 281 g/mol. The zero-order valence-electron chi connectivity index (χ0n) is 11.9. The summed E-state index contributed by atoms with van der Waals surface area (Å²) in [6.07, 6.45) is 3.14. The average Bonchev–Trinajstić information content (AvgIpc) is 2.96. The van der Waals surface area contributed by atoms with E-state index in [2.05, 4.69) is 10.3 Å². The van der Waals surface area contributed by atoms with Crippen LogP contribution >= 0.6 is 11.3 Å². The van der Waals surface area contributed by atoms with Gasteiger partial charge < -0.3 is 11.1 Å². The van der Waals surface area contributed by atoms with E-state index in [1.807, 2.05) is 26.2 Å². The first-order valence-electron chi connectivity index (χ1n) is 6.88. The minimum atomic E-state index is -0.405. The molecule has 1 aliphatic rings. The molecule has 0 bridgehead atoms. The van der Waals surface area contributed by atoms with Gasteiger partial charge in [0.25, 0.3) is 0 Å². The van der Waals surface area contributed by atoms with Gasteiger partial charge in [-0.1, -0.05) is 6.42 Å². The van der Waals surface area contributed by atoms with Crippen LogP contribution in [0.15, 0.2) is 5.38 Å². The highest BCUT2D eigenvalue weighted by atomic mass is 32.1. The van der Waals surface area contributed by atoms with Crippen molar-refractivity contribution in [2.45, 2.75) is 45.6 Å². The normalized spacial score (nSPS) is 23.6. The lowest BCUT2D eigenvalue weighted by molar-refractivity contribution is -0.127. The van der Waals surface area contributed by atoms with E-state index in [9.17, 15) is 4.79 Å². The molecule has 1 aliphatic carbocycles. The molecule has 2 rings (SSSR count). The van der Waals surface area contributed by atoms with Crippen LogP contribution in [0.3, 0.4) is 0 Å². The van der Waals surface area contributed by atoms with Crippen molar-refractivity contribution in [2.24, 2.45) is 17.6 Å². The smallest absolute Gasteiger partial charge is 0.224 e. The topological polar surface area (TPSA) is 68.0 Å². The number of nitrogens with two attached hydrogens (primary N) is 1. The van der Waals surface area contributed by atoms with Gasteiger partial charge in [-0.3, -0.25) is 4.79 Å². The summed E-state index contributed by atoms with van der Waals surface area (Å²) in [7, 11) is 0. The first kappa shape index (κ1) is 14.5. The maximum Gasteiger partial charge on any atom is 0.224 e. The standard InChI is InChI=1S/C14H23N3OS/c1-9-8-19-13(16-9)14(2,3)17-12(18)11-6-4-5-10(11)7-15/h8,10-11H,4-7,15H2,1-3H3,(H,17,18)/t10-,11-/m1/s1. The lowest BCUT2D eigenvalue weighted by atomic mass is 9.94. The lowest BCUT2D eigenvalue weighted by Crippen LogP contribution is -2.45. The summed E-state index contributed by atoms with van der Waals surface area (Å²) >= 11 is 1.60. The molecule has 2 atom stereocenters. The summed E-state index contributed by atoms with van der Waals surface area (Å²) in [4.78, 5) is 16.9. The quantitative estimate of drug-likeness (QED) is 0.889. The minimum Gasteiger partial charge on any atom is -0.344 e. The Hall–Kier alpha value is -0.940. The van der Waals surface area contributed by atoms with Gasteiger partial charge in [-0.25, -0.2) is 4.98 Å². The van der Waals surface area contributed by atoms with Crippen molar-refractivity contribution in [1.82, 2.24) is 10.3 Å². The largest absolute Gasteiger partial charge is 0.344 e. The van der Waals surface area contributed by atoms with Crippen molar-refractivity contribution in [1.29, 1.82) is 0 Å². The van der Waals surface area contributed by atoms with Gasteiger partial charge in [-0.15, -0.1) is 11.3 Å². The van der Waals surface area contributed by atoms with E-state index in [0.717, 1.165) is 30.0 Å². The van der Waals surface area contributed by atoms with Gasteiger partial charge in [0.05, 0.1) is 5.54 Å². The fourth-order valence-corrected chi connectivity index (χ4v) is 3.64. The van der Waals surface area contributed by atoms with E-state index in [-0.39, 0.29) is 11.8 Å². The summed E-state index contributed by atoms with van der Waals surface area (Å²) in [5, 5.41) is 6.12. The highest BCUT2D eigenvalue weighted by Crippen LogP contribution is 2.32. The van der Waals surface area contributed by atoms with Crippen LogP contribution < -0.4 is 11.1 Å². The number of rotatable bonds is 4. The molecule has 19 heavy (non-hydrogen) atoms. The molecule has 0 unspecified atom stereocenters. The van der Waals surface area contributed by atoms with Crippen molar-refractivity contribution in [3.05, 3.63) is 16.1 Å². The highest BCUT2D eigenvalue weighted by Gasteiger charge is 2.35. The molecule has 1 amide bonds. The maximum absolute atomic E-state index is 12.4. The van der Waals surface area contributed by atoms with E-state index in [1.54, 1.807) is 11.3 Å². The summed E-state index contributed by atoms with van der Waals surface area (Å²) in [6.45, 7) is 6.60. The number of carbonyl (C=O) groups is 1. The fraction of sp³-hybridized carbons (Fsp3) is 0.714. The van der Waals surface area contributed by atoms with Crippen LogP contribution in [0.25, 0.3) is 0 Å². The minimum absolute atomic E-state index is 0.0744. The summed E-state index contributed by atoms with van der Waals surface area (Å²) in [6, 6.07) is 0. The molecular formula is C14H23N3OS. The van der Waals surface area contributed by atoms with Crippen molar-refractivity contribution in [2.75, 3.05) is 6.54 Å². The van der Waals surface area contributed by atoms with Crippen LogP contribution in [0.2, 0.25) is 0 Å². The molecule has 4 nitrogen and oxygen atoms in total. The third kappa shape index (κ3) is 3.15. The molecule has 0 spiro atoms. The van der Waals surface area contributed by atoms with Crippen LogP contribution in [0.1, 0.15) is 43.8 Å². The van der Waals surface area contributed by atoms with E-state index < -0.39 is 5.54 Å². The maximum atomic E-state index is 12.4. The zero-order chi connectivity index (χ0) is 14.0. The molecule has 3 N–H and O–H groups in total. The number of hydrogen-bond donors (Lipinski definition) is 2. The van der Waals surface area contributed by atoms with Gasteiger partial charge in [0.2, 0.25) is 5.91 Å². The molecule has 1 fully saturated rings. The van der Waals surface area contributed by atoms with Gasteiger partial charge in [0.15, 0.2) is 0 Å². The molecule has 0 aromatic carbocycles. The van der Waals surface area contributed by atoms with Crippen LogP contribution in [0, 0.1) is 18.8 Å². The number of amides is 1. The Labute approximate surface area is 118 Å². The Morgan fingerprint density at radius 3 is 2.89 bits per heavy atom. The number of aromatic nitrogens is 1. The first-order valence-corrected chi connectivity index (χ1v) is 7.76. The van der Waals surface area contributed by atoms with Crippen molar-refractivity contribution >= 4 is 17.2 Å². The number of nitrogens with zero attached hydrogens (tertiary/aromatic N) is 1. The van der Waals surface area contributed by atoms with Crippen molar-refractivity contribution < 1.29 is 4.79 Å². The predicted molar refractivity (Wildman–Crippen MR) is 77.9 cm³/mol.